The largest absolute Gasteiger partial charge is 0.351 e. The summed E-state index contributed by atoms with van der Waals surface area (Å²) in [4.78, 5) is 33.6. The summed E-state index contributed by atoms with van der Waals surface area (Å²) in [6.07, 6.45) is 0. The molecule has 0 aromatic heterocycles. The molecule has 0 aromatic carbocycles. The van der Waals surface area contributed by atoms with E-state index in [1.54, 1.807) is 14.1 Å². The van der Waals surface area contributed by atoms with Gasteiger partial charge in [-0.2, -0.15) is 0 Å². The maximum absolute atomic E-state index is 11.0. The highest BCUT2D eigenvalue weighted by molar-refractivity contribution is 5.94. The molecule has 0 aliphatic carbocycles. The molecule has 16 heavy (non-hydrogen) atoms. The van der Waals surface area contributed by atoms with Crippen molar-refractivity contribution in [1.82, 2.24) is 20.9 Å². The number of nitrogens with zero attached hydrogens (tertiary/aromatic N) is 1. The molecule has 0 aliphatic rings. The molecule has 8 nitrogen and oxygen atoms in total. The number of nitrogens with one attached hydrogen (secondary N) is 3. The molecule has 0 rings (SSSR count). The summed E-state index contributed by atoms with van der Waals surface area (Å²) in [7, 11) is 3.26. The average molecular weight is 231 g/mol. The maximum atomic E-state index is 11.0. The van der Waals surface area contributed by atoms with E-state index < -0.39 is 11.9 Å². The van der Waals surface area contributed by atoms with Crippen molar-refractivity contribution in [3.05, 3.63) is 0 Å². The molecular formula is C8H17N5O3. The van der Waals surface area contributed by atoms with Gasteiger partial charge in [0.2, 0.25) is 5.91 Å². The lowest BCUT2D eigenvalue weighted by Gasteiger charge is -2.11. The quantitative estimate of drug-likeness (QED) is 0.411. The molecular weight excluding hydrogens is 214 g/mol. The topological polar surface area (TPSA) is 117 Å². The van der Waals surface area contributed by atoms with Crippen LogP contribution in [0.15, 0.2) is 0 Å². The Labute approximate surface area is 93.5 Å². The lowest BCUT2D eigenvalue weighted by molar-refractivity contribution is -0.119. The molecule has 0 saturated carbocycles. The van der Waals surface area contributed by atoms with Gasteiger partial charge in [-0.05, 0) is 0 Å². The van der Waals surface area contributed by atoms with Gasteiger partial charge in [0.25, 0.3) is 0 Å². The third kappa shape index (κ3) is 7.56. The number of hydrogen-bond acceptors (Lipinski definition) is 4. The van der Waals surface area contributed by atoms with Crippen molar-refractivity contribution in [2.24, 2.45) is 5.73 Å². The lowest BCUT2D eigenvalue weighted by Crippen LogP contribution is -2.43. The molecule has 0 bridgehead atoms. The first kappa shape index (κ1) is 14.2. The van der Waals surface area contributed by atoms with Crippen LogP contribution in [0, 0.1) is 0 Å². The zero-order chi connectivity index (χ0) is 12.6. The minimum absolute atomic E-state index is 0.0270. The summed E-state index contributed by atoms with van der Waals surface area (Å²) >= 11 is 0. The molecule has 0 spiro atoms. The normalized spacial score (nSPS) is 9.38. The van der Waals surface area contributed by atoms with Crippen LogP contribution in [0.5, 0.6) is 0 Å². The number of nitrogens with two attached hydrogens (primary N) is 1. The summed E-state index contributed by atoms with van der Waals surface area (Å²) < 4.78 is 0. The number of carbonyl (C=O) groups is 3. The fourth-order valence-electron chi connectivity index (χ4n) is 0.799. The molecule has 8 heteroatoms. The average Bonchev–Trinajstić information content (AvgIpc) is 2.15. The van der Waals surface area contributed by atoms with Gasteiger partial charge in [0, 0.05) is 27.2 Å². The van der Waals surface area contributed by atoms with Crippen molar-refractivity contribution in [3.8, 4) is 0 Å². The van der Waals surface area contributed by atoms with Crippen LogP contribution in [0.25, 0.3) is 0 Å². The third-order valence-electron chi connectivity index (χ3n) is 1.53. The second-order valence-electron chi connectivity index (χ2n) is 3.22. The number of amides is 5. The Bertz CT molecular complexity index is 266. The molecule has 0 aromatic rings. The first-order valence-electron chi connectivity index (χ1n) is 4.68. The van der Waals surface area contributed by atoms with Gasteiger partial charge in [0.1, 0.15) is 0 Å². The predicted octanol–water partition coefficient (Wildman–Crippen LogP) is -1.96. The second-order valence-corrected chi connectivity index (χ2v) is 3.22. The van der Waals surface area contributed by atoms with Crippen LogP contribution >= 0.6 is 0 Å². The minimum atomic E-state index is -0.882. The number of urea groups is 2. The van der Waals surface area contributed by atoms with E-state index in [9.17, 15) is 14.4 Å². The van der Waals surface area contributed by atoms with Gasteiger partial charge in [-0.1, -0.05) is 0 Å². The van der Waals surface area contributed by atoms with Crippen molar-refractivity contribution in [2.45, 2.75) is 0 Å². The number of imide groups is 1. The molecule has 0 unspecified atom stereocenters. The lowest BCUT2D eigenvalue weighted by atomic mass is 10.5. The molecule has 0 aliphatic heterocycles. The van der Waals surface area contributed by atoms with E-state index in [0.29, 0.717) is 13.1 Å². The second kappa shape index (κ2) is 7.46. The Kier molecular flexibility index (Phi) is 6.61. The highest BCUT2D eigenvalue weighted by Crippen LogP contribution is 1.74. The summed E-state index contributed by atoms with van der Waals surface area (Å²) in [5.41, 5.74) is 4.74. The van der Waals surface area contributed by atoms with Crippen LogP contribution in [0.2, 0.25) is 0 Å². The Morgan fingerprint density at radius 3 is 2.31 bits per heavy atom. The van der Waals surface area contributed by atoms with E-state index >= 15 is 0 Å². The Morgan fingerprint density at radius 1 is 1.19 bits per heavy atom. The van der Waals surface area contributed by atoms with Crippen molar-refractivity contribution >= 4 is 18.0 Å². The number of rotatable bonds is 5. The number of hydrogen-bond donors (Lipinski definition) is 4. The maximum Gasteiger partial charge on any atom is 0.318 e. The Morgan fingerprint density at radius 2 is 1.81 bits per heavy atom. The molecule has 0 saturated heterocycles. The zero-order valence-electron chi connectivity index (χ0n) is 9.37. The predicted molar refractivity (Wildman–Crippen MR) is 57.7 cm³/mol. The molecule has 0 atom stereocenters. The Balaban J connectivity index is 3.44. The van der Waals surface area contributed by atoms with Crippen molar-refractivity contribution in [2.75, 3.05) is 33.7 Å². The fraction of sp³-hybridized carbons (Fsp3) is 0.625. The molecule has 92 valence electrons. The van der Waals surface area contributed by atoms with Gasteiger partial charge >= 0.3 is 12.1 Å². The van der Waals surface area contributed by atoms with Gasteiger partial charge in [0.05, 0.1) is 6.54 Å². The zero-order valence-corrected chi connectivity index (χ0v) is 9.37. The molecule has 0 heterocycles. The van der Waals surface area contributed by atoms with Gasteiger partial charge in [0.15, 0.2) is 0 Å². The van der Waals surface area contributed by atoms with Gasteiger partial charge in [-0.15, -0.1) is 0 Å². The summed E-state index contributed by atoms with van der Waals surface area (Å²) in [5, 5.41) is 7.23. The number of primary amides is 1. The van der Waals surface area contributed by atoms with Crippen LogP contribution in [0.3, 0.4) is 0 Å². The van der Waals surface area contributed by atoms with E-state index in [0.717, 1.165) is 0 Å². The van der Waals surface area contributed by atoms with Crippen LogP contribution in [-0.4, -0.2) is 56.6 Å². The van der Waals surface area contributed by atoms with Gasteiger partial charge in [-0.25, -0.2) is 9.59 Å². The van der Waals surface area contributed by atoms with E-state index in [2.05, 4.69) is 10.6 Å². The molecule has 0 fully saturated rings. The van der Waals surface area contributed by atoms with Crippen LogP contribution in [0.1, 0.15) is 0 Å². The third-order valence-corrected chi connectivity index (χ3v) is 1.53. The monoisotopic (exact) mass is 231 g/mol. The standard InChI is InChI=1S/C8H17N5O3/c1-13(2)8(16)11-4-3-10-5-6(14)12-7(9)15/h10H,3-5H2,1-2H3,(H,11,16)(H3,9,12,14,15). The summed E-state index contributed by atoms with van der Waals surface area (Å²) in [5.74, 6) is -0.508. The van der Waals surface area contributed by atoms with Crippen LogP contribution in [-0.2, 0) is 4.79 Å². The highest BCUT2D eigenvalue weighted by Gasteiger charge is 2.03. The first-order valence-corrected chi connectivity index (χ1v) is 4.68. The fourth-order valence-corrected chi connectivity index (χ4v) is 0.799. The Hall–Kier alpha value is -1.83. The van der Waals surface area contributed by atoms with E-state index in [1.165, 1.54) is 4.90 Å². The van der Waals surface area contributed by atoms with Gasteiger partial charge in [-0.3, -0.25) is 10.1 Å². The minimum Gasteiger partial charge on any atom is -0.351 e. The van der Waals surface area contributed by atoms with Gasteiger partial charge < -0.3 is 21.3 Å². The van der Waals surface area contributed by atoms with E-state index in [1.807, 2.05) is 5.32 Å². The smallest absolute Gasteiger partial charge is 0.318 e. The van der Waals surface area contributed by atoms with Crippen molar-refractivity contribution in [1.29, 1.82) is 0 Å². The summed E-state index contributed by atoms with van der Waals surface area (Å²) in [6, 6.07) is -1.09. The molecule has 5 N–H and O–H groups in total. The van der Waals surface area contributed by atoms with E-state index in [4.69, 9.17) is 5.73 Å². The van der Waals surface area contributed by atoms with Crippen LogP contribution in [0.4, 0.5) is 9.59 Å². The molecule has 5 amide bonds. The first-order chi connectivity index (χ1) is 7.43. The molecule has 0 radical (unpaired) electrons. The van der Waals surface area contributed by atoms with Crippen LogP contribution < -0.4 is 21.7 Å². The van der Waals surface area contributed by atoms with E-state index in [-0.39, 0.29) is 12.6 Å². The highest BCUT2D eigenvalue weighted by atomic mass is 16.2. The van der Waals surface area contributed by atoms with Crippen molar-refractivity contribution < 1.29 is 14.4 Å². The SMILES string of the molecule is CN(C)C(=O)NCCNCC(=O)NC(N)=O. The summed E-state index contributed by atoms with van der Waals surface area (Å²) in [6.45, 7) is 0.785. The number of carbonyl (C=O) groups excluding carboxylic acids is 3. The van der Waals surface area contributed by atoms with Crippen molar-refractivity contribution in [3.63, 3.8) is 0 Å².